The van der Waals surface area contributed by atoms with E-state index in [9.17, 15) is 0 Å². The van der Waals surface area contributed by atoms with Crippen LogP contribution < -0.4 is 10.5 Å². The Bertz CT molecular complexity index is 339. The third-order valence-corrected chi connectivity index (χ3v) is 3.39. The topological polar surface area (TPSA) is 48.1 Å². The van der Waals surface area contributed by atoms with Gasteiger partial charge in [0.05, 0.1) is 23.0 Å². The van der Waals surface area contributed by atoms with E-state index in [1.54, 1.807) is 6.20 Å². The lowest BCUT2D eigenvalue weighted by Crippen LogP contribution is -2.14. The van der Waals surface area contributed by atoms with Gasteiger partial charge in [-0.2, -0.15) is 0 Å². The standard InChI is InChI=1S/C11H15BrN2O/c12-10-6-9(13)7-14-11(10)15-5-4-8-2-1-3-8/h6-8H,1-5,13H2. The van der Waals surface area contributed by atoms with E-state index in [0.717, 1.165) is 23.4 Å². The van der Waals surface area contributed by atoms with Crippen LogP contribution in [-0.4, -0.2) is 11.6 Å². The first-order valence-corrected chi connectivity index (χ1v) is 6.09. The molecule has 1 saturated carbocycles. The molecule has 0 radical (unpaired) electrons. The van der Waals surface area contributed by atoms with Crippen LogP contribution >= 0.6 is 15.9 Å². The molecule has 2 N–H and O–H groups in total. The monoisotopic (exact) mass is 270 g/mol. The zero-order chi connectivity index (χ0) is 10.7. The van der Waals surface area contributed by atoms with Crippen molar-refractivity contribution in [3.05, 3.63) is 16.7 Å². The fourth-order valence-electron chi connectivity index (χ4n) is 1.65. The third-order valence-electron chi connectivity index (χ3n) is 2.82. The highest BCUT2D eigenvalue weighted by atomic mass is 79.9. The number of hydrogen-bond acceptors (Lipinski definition) is 3. The van der Waals surface area contributed by atoms with E-state index < -0.39 is 0 Å². The van der Waals surface area contributed by atoms with Gasteiger partial charge in [0.2, 0.25) is 5.88 Å². The lowest BCUT2D eigenvalue weighted by molar-refractivity contribution is 0.216. The number of anilines is 1. The summed E-state index contributed by atoms with van der Waals surface area (Å²) in [6.45, 7) is 0.750. The molecule has 3 nitrogen and oxygen atoms in total. The van der Waals surface area contributed by atoms with Gasteiger partial charge in [-0.25, -0.2) is 4.98 Å². The molecule has 1 aromatic heterocycles. The fraction of sp³-hybridized carbons (Fsp3) is 0.545. The summed E-state index contributed by atoms with van der Waals surface area (Å²) in [6.07, 6.45) is 6.86. The van der Waals surface area contributed by atoms with Crippen LogP contribution in [0.15, 0.2) is 16.7 Å². The van der Waals surface area contributed by atoms with E-state index in [4.69, 9.17) is 10.5 Å². The van der Waals surface area contributed by atoms with Crippen LogP contribution in [0.2, 0.25) is 0 Å². The first kappa shape index (κ1) is 10.7. The molecule has 1 aromatic rings. The minimum absolute atomic E-state index is 0.642. The molecule has 15 heavy (non-hydrogen) atoms. The molecule has 0 spiro atoms. The van der Waals surface area contributed by atoms with E-state index in [0.29, 0.717) is 11.6 Å². The first-order valence-electron chi connectivity index (χ1n) is 5.29. The van der Waals surface area contributed by atoms with E-state index in [2.05, 4.69) is 20.9 Å². The zero-order valence-corrected chi connectivity index (χ0v) is 10.2. The van der Waals surface area contributed by atoms with E-state index in [1.807, 2.05) is 6.07 Å². The van der Waals surface area contributed by atoms with Crippen molar-refractivity contribution in [2.45, 2.75) is 25.7 Å². The second-order valence-electron chi connectivity index (χ2n) is 3.99. The normalized spacial score (nSPS) is 16.1. The van der Waals surface area contributed by atoms with Crippen LogP contribution in [0, 0.1) is 5.92 Å². The Morgan fingerprint density at radius 1 is 1.53 bits per heavy atom. The summed E-state index contributed by atoms with van der Waals surface area (Å²) in [7, 11) is 0. The smallest absolute Gasteiger partial charge is 0.228 e. The van der Waals surface area contributed by atoms with Crippen molar-refractivity contribution in [3.63, 3.8) is 0 Å². The number of nitrogens with two attached hydrogens (primary N) is 1. The molecule has 0 atom stereocenters. The number of halogens is 1. The second-order valence-corrected chi connectivity index (χ2v) is 4.84. The van der Waals surface area contributed by atoms with Crippen LogP contribution in [-0.2, 0) is 0 Å². The zero-order valence-electron chi connectivity index (χ0n) is 8.58. The summed E-state index contributed by atoms with van der Waals surface area (Å²) in [6, 6.07) is 1.81. The van der Waals surface area contributed by atoms with Crippen LogP contribution in [0.25, 0.3) is 0 Å². The van der Waals surface area contributed by atoms with Crippen LogP contribution in [0.1, 0.15) is 25.7 Å². The van der Waals surface area contributed by atoms with Crippen LogP contribution in [0.3, 0.4) is 0 Å². The molecule has 1 aliphatic carbocycles. The Hall–Kier alpha value is -0.770. The van der Waals surface area contributed by atoms with Crippen LogP contribution in [0.5, 0.6) is 5.88 Å². The molecule has 1 heterocycles. The second kappa shape index (κ2) is 4.84. The molecule has 0 unspecified atom stereocenters. The molecule has 0 aromatic carbocycles. The summed E-state index contributed by atoms with van der Waals surface area (Å²) in [4.78, 5) is 4.12. The molecular formula is C11H15BrN2O. The van der Waals surface area contributed by atoms with Crippen molar-refractivity contribution in [2.24, 2.45) is 5.92 Å². The average Bonchev–Trinajstić information content (AvgIpc) is 2.12. The van der Waals surface area contributed by atoms with Gasteiger partial charge < -0.3 is 10.5 Å². The highest BCUT2D eigenvalue weighted by Crippen LogP contribution is 2.30. The van der Waals surface area contributed by atoms with Gasteiger partial charge >= 0.3 is 0 Å². The summed E-state index contributed by atoms with van der Waals surface area (Å²) in [5, 5.41) is 0. The molecule has 2 rings (SSSR count). The van der Waals surface area contributed by atoms with Gasteiger partial charge in [-0.3, -0.25) is 0 Å². The Balaban J connectivity index is 1.81. The van der Waals surface area contributed by atoms with Gasteiger partial charge in [-0.1, -0.05) is 19.3 Å². The summed E-state index contributed by atoms with van der Waals surface area (Å²) in [5.41, 5.74) is 6.23. The SMILES string of the molecule is Nc1cnc(OCCC2CCC2)c(Br)c1. The van der Waals surface area contributed by atoms with Crippen molar-refractivity contribution in [1.29, 1.82) is 0 Å². The molecular weight excluding hydrogens is 256 g/mol. The number of nitrogens with zero attached hydrogens (tertiary/aromatic N) is 1. The average molecular weight is 271 g/mol. The predicted molar refractivity (Wildman–Crippen MR) is 63.8 cm³/mol. The van der Waals surface area contributed by atoms with E-state index in [1.165, 1.54) is 19.3 Å². The fourth-order valence-corrected chi connectivity index (χ4v) is 2.13. The van der Waals surface area contributed by atoms with E-state index in [-0.39, 0.29) is 0 Å². The number of hydrogen-bond donors (Lipinski definition) is 1. The summed E-state index contributed by atoms with van der Waals surface area (Å²) < 4.78 is 6.41. The third kappa shape index (κ3) is 2.84. The Labute approximate surface area is 98.2 Å². The van der Waals surface area contributed by atoms with Gasteiger partial charge in [0.1, 0.15) is 0 Å². The lowest BCUT2D eigenvalue weighted by atomic mass is 9.83. The van der Waals surface area contributed by atoms with Crippen molar-refractivity contribution in [2.75, 3.05) is 12.3 Å². The molecule has 82 valence electrons. The van der Waals surface area contributed by atoms with Crippen LogP contribution in [0.4, 0.5) is 5.69 Å². The number of aromatic nitrogens is 1. The number of ether oxygens (including phenoxy) is 1. The highest BCUT2D eigenvalue weighted by Gasteiger charge is 2.17. The highest BCUT2D eigenvalue weighted by molar-refractivity contribution is 9.10. The van der Waals surface area contributed by atoms with Gasteiger partial charge in [0.25, 0.3) is 0 Å². The maximum Gasteiger partial charge on any atom is 0.228 e. The molecule has 0 aliphatic heterocycles. The van der Waals surface area contributed by atoms with Gasteiger partial charge in [0, 0.05) is 0 Å². The van der Waals surface area contributed by atoms with Crippen molar-refractivity contribution in [3.8, 4) is 5.88 Å². The maximum atomic E-state index is 5.59. The molecule has 0 amide bonds. The molecule has 0 saturated heterocycles. The summed E-state index contributed by atoms with van der Waals surface area (Å²) >= 11 is 3.38. The number of nitrogen functional groups attached to an aromatic ring is 1. The molecule has 1 fully saturated rings. The number of rotatable bonds is 4. The van der Waals surface area contributed by atoms with E-state index >= 15 is 0 Å². The molecule has 0 bridgehead atoms. The quantitative estimate of drug-likeness (QED) is 0.915. The minimum Gasteiger partial charge on any atom is -0.477 e. The Morgan fingerprint density at radius 3 is 2.93 bits per heavy atom. The minimum atomic E-state index is 0.642. The first-order chi connectivity index (χ1) is 7.25. The van der Waals surface area contributed by atoms with Gasteiger partial charge in [0.15, 0.2) is 0 Å². The molecule has 1 aliphatic rings. The van der Waals surface area contributed by atoms with Crippen molar-refractivity contribution in [1.82, 2.24) is 4.98 Å². The van der Waals surface area contributed by atoms with Crippen molar-refractivity contribution < 1.29 is 4.74 Å². The number of pyridine rings is 1. The largest absolute Gasteiger partial charge is 0.477 e. The lowest BCUT2D eigenvalue weighted by Gasteiger charge is -2.24. The molecule has 4 heteroatoms. The summed E-state index contributed by atoms with van der Waals surface area (Å²) in [5.74, 6) is 1.51. The Morgan fingerprint density at radius 2 is 2.33 bits per heavy atom. The van der Waals surface area contributed by atoms with Gasteiger partial charge in [-0.15, -0.1) is 0 Å². The predicted octanol–water partition coefficient (Wildman–Crippen LogP) is 3.00. The van der Waals surface area contributed by atoms with Crippen molar-refractivity contribution >= 4 is 21.6 Å². The van der Waals surface area contributed by atoms with Gasteiger partial charge in [-0.05, 0) is 34.3 Å². The maximum absolute atomic E-state index is 5.59. The Kier molecular flexibility index (Phi) is 3.46.